The van der Waals surface area contributed by atoms with Crippen molar-refractivity contribution in [1.29, 1.82) is 0 Å². The molecule has 0 aromatic rings. The van der Waals surface area contributed by atoms with Gasteiger partial charge in [0.15, 0.2) is 12.4 Å². The molecule has 0 aliphatic carbocycles. The molecule has 0 aromatic heterocycles. The fourth-order valence-electron chi connectivity index (χ4n) is 2.65. The van der Waals surface area contributed by atoms with Crippen molar-refractivity contribution in [2.45, 2.75) is 89.0 Å². The Morgan fingerprint density at radius 1 is 1.04 bits per heavy atom. The molecule has 0 saturated carbocycles. The highest BCUT2D eigenvalue weighted by Crippen LogP contribution is 2.25. The van der Waals surface area contributed by atoms with Crippen LogP contribution in [0.15, 0.2) is 0 Å². The Morgan fingerprint density at radius 2 is 1.61 bits per heavy atom. The fraction of sp³-hybridized carbons (Fsp3) is 0.938. The molecule has 0 unspecified atom stereocenters. The zero-order chi connectivity index (χ0) is 17.2. The molecule has 0 amide bonds. The van der Waals surface area contributed by atoms with Gasteiger partial charge in [-0.05, 0) is 6.42 Å². The van der Waals surface area contributed by atoms with Crippen molar-refractivity contribution in [1.82, 2.24) is 0 Å². The number of rotatable bonds is 12. The monoisotopic (exact) mass is 334 g/mol. The van der Waals surface area contributed by atoms with Gasteiger partial charge in [-0.2, -0.15) is 0 Å². The third-order valence-electron chi connectivity index (χ3n) is 4.10. The van der Waals surface area contributed by atoms with Crippen molar-refractivity contribution >= 4 is 5.97 Å². The van der Waals surface area contributed by atoms with Gasteiger partial charge in [0.2, 0.25) is 0 Å². The number of aliphatic carboxylic acids is 1. The summed E-state index contributed by atoms with van der Waals surface area (Å²) in [7, 11) is 0. The number of carboxylic acids is 1. The van der Waals surface area contributed by atoms with Gasteiger partial charge in [-0.3, -0.25) is 0 Å². The van der Waals surface area contributed by atoms with E-state index in [0.29, 0.717) is 6.61 Å². The zero-order valence-electron chi connectivity index (χ0n) is 13.8. The van der Waals surface area contributed by atoms with E-state index in [1.54, 1.807) is 0 Å². The van der Waals surface area contributed by atoms with Crippen LogP contribution in [0, 0.1) is 0 Å². The van der Waals surface area contributed by atoms with Crippen LogP contribution in [0.5, 0.6) is 0 Å². The van der Waals surface area contributed by atoms with Crippen molar-refractivity contribution < 1.29 is 34.7 Å². The van der Waals surface area contributed by atoms with Crippen LogP contribution in [-0.2, 0) is 14.3 Å². The predicted octanol–water partition coefficient (Wildman–Crippen LogP) is 1.04. The predicted molar refractivity (Wildman–Crippen MR) is 82.9 cm³/mol. The van der Waals surface area contributed by atoms with E-state index in [-0.39, 0.29) is 0 Å². The van der Waals surface area contributed by atoms with E-state index in [4.69, 9.17) is 14.6 Å². The van der Waals surface area contributed by atoms with Gasteiger partial charge in [-0.25, -0.2) is 4.79 Å². The molecule has 0 aromatic carbocycles. The third kappa shape index (κ3) is 6.73. The van der Waals surface area contributed by atoms with Crippen LogP contribution in [0.4, 0.5) is 0 Å². The molecular formula is C16H30O7. The SMILES string of the molecule is CCCCCCCCCCO[C@H]1O[C@@H]([C@H](O)C(=O)O)[C@H](O)[C@H]1O. The maximum atomic E-state index is 10.7. The van der Waals surface area contributed by atoms with Gasteiger partial charge < -0.3 is 29.9 Å². The lowest BCUT2D eigenvalue weighted by Crippen LogP contribution is -2.42. The van der Waals surface area contributed by atoms with E-state index in [1.807, 2.05) is 0 Å². The summed E-state index contributed by atoms with van der Waals surface area (Å²) in [4.78, 5) is 10.7. The van der Waals surface area contributed by atoms with Crippen molar-refractivity contribution in [2.24, 2.45) is 0 Å². The van der Waals surface area contributed by atoms with E-state index < -0.39 is 36.7 Å². The number of unbranched alkanes of at least 4 members (excludes halogenated alkanes) is 7. The fourth-order valence-corrected chi connectivity index (χ4v) is 2.65. The van der Waals surface area contributed by atoms with Gasteiger partial charge >= 0.3 is 5.97 Å². The summed E-state index contributed by atoms with van der Waals surface area (Å²) in [6.07, 6.45) is 1.98. The van der Waals surface area contributed by atoms with Crippen LogP contribution in [0.2, 0.25) is 0 Å². The first kappa shape index (κ1) is 20.3. The van der Waals surface area contributed by atoms with Crippen LogP contribution < -0.4 is 0 Å². The minimum atomic E-state index is -1.89. The van der Waals surface area contributed by atoms with Gasteiger partial charge in [0.25, 0.3) is 0 Å². The Kier molecular flexibility index (Phi) is 9.66. The van der Waals surface area contributed by atoms with Crippen LogP contribution in [-0.4, -0.2) is 63.7 Å². The molecule has 1 saturated heterocycles. The molecule has 1 aliphatic rings. The Morgan fingerprint density at radius 3 is 2.17 bits per heavy atom. The van der Waals surface area contributed by atoms with Gasteiger partial charge in [-0.1, -0.05) is 51.9 Å². The largest absolute Gasteiger partial charge is 0.479 e. The maximum absolute atomic E-state index is 10.7. The van der Waals surface area contributed by atoms with Crippen molar-refractivity contribution in [3.63, 3.8) is 0 Å². The summed E-state index contributed by atoms with van der Waals surface area (Å²) in [5.74, 6) is -1.51. The normalized spacial score (nSPS) is 28.9. The third-order valence-corrected chi connectivity index (χ3v) is 4.10. The van der Waals surface area contributed by atoms with Crippen LogP contribution in [0.1, 0.15) is 58.3 Å². The van der Waals surface area contributed by atoms with Gasteiger partial charge in [0.1, 0.15) is 18.3 Å². The molecule has 7 heteroatoms. The average molecular weight is 334 g/mol. The summed E-state index contributed by atoms with van der Waals surface area (Å²) in [5, 5.41) is 37.6. The second-order valence-electron chi connectivity index (χ2n) is 6.08. The first-order valence-corrected chi connectivity index (χ1v) is 8.53. The summed E-state index contributed by atoms with van der Waals surface area (Å²) in [6.45, 7) is 2.55. The Balaban J connectivity index is 2.14. The minimum absolute atomic E-state index is 0.360. The van der Waals surface area contributed by atoms with E-state index in [9.17, 15) is 20.1 Å². The van der Waals surface area contributed by atoms with E-state index >= 15 is 0 Å². The number of carbonyl (C=O) groups is 1. The average Bonchev–Trinajstić information content (AvgIpc) is 2.80. The molecule has 7 nitrogen and oxygen atoms in total. The molecule has 136 valence electrons. The van der Waals surface area contributed by atoms with E-state index in [0.717, 1.165) is 19.3 Å². The molecule has 1 rings (SSSR count). The highest BCUT2D eigenvalue weighted by Gasteiger charge is 2.48. The van der Waals surface area contributed by atoms with Crippen molar-refractivity contribution in [3.8, 4) is 0 Å². The lowest BCUT2D eigenvalue weighted by Gasteiger charge is -2.17. The second-order valence-corrected chi connectivity index (χ2v) is 6.08. The number of hydrogen-bond donors (Lipinski definition) is 4. The maximum Gasteiger partial charge on any atom is 0.335 e. The van der Waals surface area contributed by atoms with Crippen molar-refractivity contribution in [3.05, 3.63) is 0 Å². The first-order chi connectivity index (χ1) is 11.0. The van der Waals surface area contributed by atoms with Gasteiger partial charge in [0, 0.05) is 6.61 Å². The van der Waals surface area contributed by atoms with E-state index in [1.165, 1.54) is 32.1 Å². The molecule has 23 heavy (non-hydrogen) atoms. The first-order valence-electron chi connectivity index (χ1n) is 8.53. The van der Waals surface area contributed by atoms with Crippen LogP contribution >= 0.6 is 0 Å². The Hall–Kier alpha value is -0.730. The quantitative estimate of drug-likeness (QED) is 0.394. The molecular weight excluding hydrogens is 304 g/mol. The summed E-state index contributed by atoms with van der Waals surface area (Å²) in [6, 6.07) is 0. The number of hydrogen-bond acceptors (Lipinski definition) is 6. The second kappa shape index (κ2) is 10.9. The topological polar surface area (TPSA) is 116 Å². The minimum Gasteiger partial charge on any atom is -0.479 e. The molecule has 5 atom stereocenters. The standard InChI is InChI=1S/C16H30O7/c1-2-3-4-5-6-7-8-9-10-22-16-12(18)11(17)14(23-16)13(19)15(20)21/h11-14,16-19H,2-10H2,1H3,(H,20,21)/t11-,12-,13+,14-,16+/m1/s1. The van der Waals surface area contributed by atoms with Crippen LogP contribution in [0.3, 0.4) is 0 Å². The number of ether oxygens (including phenoxy) is 2. The Bertz CT molecular complexity index is 336. The number of aliphatic hydroxyl groups excluding tert-OH is 3. The summed E-state index contributed by atoms with van der Waals surface area (Å²) in [5.41, 5.74) is 0. The Labute approximate surface area is 137 Å². The summed E-state index contributed by atoms with van der Waals surface area (Å²) < 4.78 is 10.5. The van der Waals surface area contributed by atoms with E-state index in [2.05, 4.69) is 6.92 Å². The van der Waals surface area contributed by atoms with Gasteiger partial charge in [-0.15, -0.1) is 0 Å². The van der Waals surface area contributed by atoms with Gasteiger partial charge in [0.05, 0.1) is 0 Å². The molecule has 1 aliphatic heterocycles. The highest BCUT2D eigenvalue weighted by atomic mass is 16.7. The molecule has 0 radical (unpaired) electrons. The zero-order valence-corrected chi connectivity index (χ0v) is 13.8. The smallest absolute Gasteiger partial charge is 0.335 e. The van der Waals surface area contributed by atoms with Crippen molar-refractivity contribution in [2.75, 3.05) is 6.61 Å². The lowest BCUT2D eigenvalue weighted by atomic mass is 10.1. The molecule has 0 bridgehead atoms. The molecule has 1 heterocycles. The highest BCUT2D eigenvalue weighted by molar-refractivity contribution is 5.72. The molecule has 0 spiro atoms. The molecule has 1 fully saturated rings. The molecule has 4 N–H and O–H groups in total. The number of aliphatic hydroxyl groups is 3. The summed E-state index contributed by atoms with van der Waals surface area (Å²) >= 11 is 0. The number of carboxylic acid groups (broad SMARTS) is 1. The van der Waals surface area contributed by atoms with Crippen LogP contribution in [0.25, 0.3) is 0 Å². The lowest BCUT2D eigenvalue weighted by molar-refractivity contribution is -0.186.